The molecule has 0 aliphatic heterocycles. The summed E-state index contributed by atoms with van der Waals surface area (Å²) >= 11 is 0. The van der Waals surface area contributed by atoms with Gasteiger partial charge in [-0.05, 0) is 37.0 Å². The van der Waals surface area contributed by atoms with Crippen LogP contribution in [-0.4, -0.2) is 39.5 Å². The largest absolute Gasteiger partial charge is 0.456 e. The van der Waals surface area contributed by atoms with Crippen LogP contribution in [0.3, 0.4) is 0 Å². The third-order valence-electron chi connectivity index (χ3n) is 4.64. The minimum atomic E-state index is -4.10. The first-order valence-corrected chi connectivity index (χ1v) is 10.6. The summed E-state index contributed by atoms with van der Waals surface area (Å²) in [7, 11) is -4.10. The summed E-state index contributed by atoms with van der Waals surface area (Å²) in [5, 5.41) is 2.84. The number of hydrogen-bond donors (Lipinski definition) is 2. The lowest BCUT2D eigenvalue weighted by Crippen LogP contribution is -2.43. The predicted octanol–water partition coefficient (Wildman–Crippen LogP) is 1.87. The molecule has 1 aliphatic carbocycles. The van der Waals surface area contributed by atoms with Crippen LogP contribution in [0.4, 0.5) is 8.78 Å². The second kappa shape index (κ2) is 9.92. The van der Waals surface area contributed by atoms with Crippen molar-refractivity contribution in [2.45, 2.75) is 50.0 Å². The van der Waals surface area contributed by atoms with Crippen LogP contribution >= 0.6 is 0 Å². The van der Waals surface area contributed by atoms with Crippen molar-refractivity contribution in [2.75, 3.05) is 13.2 Å². The van der Waals surface area contributed by atoms with Crippen LogP contribution in [0, 0.1) is 17.6 Å². The number of rotatable bonds is 8. The average molecular weight is 418 g/mol. The second-order valence-electron chi connectivity index (χ2n) is 6.82. The summed E-state index contributed by atoms with van der Waals surface area (Å²) < 4.78 is 56.9. The molecule has 1 aliphatic rings. The van der Waals surface area contributed by atoms with Crippen LogP contribution in [0.5, 0.6) is 0 Å². The number of carbonyl (C=O) groups is 2. The van der Waals surface area contributed by atoms with Crippen LogP contribution in [0.25, 0.3) is 0 Å². The summed E-state index contributed by atoms with van der Waals surface area (Å²) in [4.78, 5) is 23.1. The van der Waals surface area contributed by atoms with Gasteiger partial charge in [0.2, 0.25) is 10.0 Å². The number of hydrogen-bond acceptors (Lipinski definition) is 5. The van der Waals surface area contributed by atoms with Crippen LogP contribution in [0.15, 0.2) is 23.1 Å². The first-order valence-electron chi connectivity index (χ1n) is 9.09. The molecule has 28 heavy (non-hydrogen) atoms. The van der Waals surface area contributed by atoms with E-state index in [0.717, 1.165) is 31.7 Å². The molecule has 156 valence electrons. The van der Waals surface area contributed by atoms with Crippen molar-refractivity contribution in [1.29, 1.82) is 0 Å². The SMILES string of the molecule is C[C@H]1CCCC[C@H]1NC(=O)COC(=O)CCNS(=O)(=O)c1ccc(F)c(F)c1. The zero-order valence-corrected chi connectivity index (χ0v) is 16.4. The van der Waals surface area contributed by atoms with E-state index in [0.29, 0.717) is 18.1 Å². The molecule has 0 saturated heterocycles. The zero-order chi connectivity index (χ0) is 20.7. The number of sulfonamides is 1. The first-order chi connectivity index (χ1) is 13.2. The fourth-order valence-electron chi connectivity index (χ4n) is 3.01. The van der Waals surface area contributed by atoms with Crippen molar-refractivity contribution in [1.82, 2.24) is 10.0 Å². The van der Waals surface area contributed by atoms with E-state index >= 15 is 0 Å². The predicted molar refractivity (Wildman–Crippen MR) is 96.7 cm³/mol. The third-order valence-corrected chi connectivity index (χ3v) is 6.10. The van der Waals surface area contributed by atoms with Crippen molar-refractivity contribution in [3.8, 4) is 0 Å². The normalized spacial score (nSPS) is 19.8. The van der Waals surface area contributed by atoms with Crippen molar-refractivity contribution in [3.63, 3.8) is 0 Å². The molecule has 1 fully saturated rings. The van der Waals surface area contributed by atoms with E-state index in [1.54, 1.807) is 0 Å². The van der Waals surface area contributed by atoms with E-state index in [1.165, 1.54) is 0 Å². The molecule has 0 spiro atoms. The minimum absolute atomic E-state index is 0.0721. The van der Waals surface area contributed by atoms with Gasteiger partial charge in [-0.2, -0.15) is 0 Å². The smallest absolute Gasteiger partial charge is 0.307 e. The first kappa shape index (κ1) is 22.2. The Morgan fingerprint density at radius 1 is 1.18 bits per heavy atom. The monoisotopic (exact) mass is 418 g/mol. The van der Waals surface area contributed by atoms with E-state index in [4.69, 9.17) is 4.74 Å². The lowest BCUT2D eigenvalue weighted by molar-refractivity contribution is -0.148. The Kier molecular flexibility index (Phi) is 7.88. The van der Waals surface area contributed by atoms with Gasteiger partial charge in [0.1, 0.15) is 0 Å². The summed E-state index contributed by atoms with van der Waals surface area (Å²) in [6.45, 7) is 1.33. The maximum Gasteiger partial charge on any atom is 0.307 e. The minimum Gasteiger partial charge on any atom is -0.456 e. The molecular formula is C18H24F2N2O5S. The molecule has 7 nitrogen and oxygen atoms in total. The lowest BCUT2D eigenvalue weighted by Gasteiger charge is -2.29. The average Bonchev–Trinajstić information content (AvgIpc) is 2.64. The number of nitrogens with one attached hydrogen (secondary N) is 2. The topological polar surface area (TPSA) is 102 Å². The highest BCUT2D eigenvalue weighted by atomic mass is 32.2. The molecule has 0 bridgehead atoms. The van der Waals surface area contributed by atoms with E-state index < -0.39 is 45.0 Å². The summed E-state index contributed by atoms with van der Waals surface area (Å²) in [5.41, 5.74) is 0. The van der Waals surface area contributed by atoms with Crippen LogP contribution in [0.2, 0.25) is 0 Å². The number of halogens is 2. The molecule has 1 saturated carbocycles. The standard InChI is InChI=1S/C18H24F2N2O5S/c1-12-4-2-3-5-16(12)22-17(23)11-27-18(24)8-9-21-28(25,26)13-6-7-14(19)15(20)10-13/h6-7,10,12,16,21H,2-5,8-9,11H2,1H3,(H,22,23)/t12-,16+/m0/s1. The van der Waals surface area contributed by atoms with Crippen molar-refractivity contribution in [3.05, 3.63) is 29.8 Å². The highest BCUT2D eigenvalue weighted by molar-refractivity contribution is 7.89. The maximum absolute atomic E-state index is 13.1. The van der Waals surface area contributed by atoms with Gasteiger partial charge in [-0.15, -0.1) is 0 Å². The van der Waals surface area contributed by atoms with Gasteiger partial charge in [-0.3, -0.25) is 9.59 Å². The van der Waals surface area contributed by atoms with Gasteiger partial charge in [0.05, 0.1) is 11.3 Å². The fourth-order valence-corrected chi connectivity index (χ4v) is 4.06. The molecule has 0 aromatic heterocycles. The maximum atomic E-state index is 13.1. The Labute approximate surface area is 162 Å². The van der Waals surface area contributed by atoms with Crippen molar-refractivity contribution >= 4 is 21.9 Å². The molecule has 1 aromatic rings. The molecule has 2 atom stereocenters. The summed E-state index contributed by atoms with van der Waals surface area (Å²) in [6.07, 6.45) is 3.82. The van der Waals surface area contributed by atoms with Crippen LogP contribution in [-0.2, 0) is 24.3 Å². The number of esters is 1. The summed E-state index contributed by atoms with van der Waals surface area (Å²) in [5.74, 6) is -3.22. The Hall–Kier alpha value is -2.07. The van der Waals surface area contributed by atoms with E-state index in [2.05, 4.69) is 17.0 Å². The molecular weight excluding hydrogens is 394 g/mol. The van der Waals surface area contributed by atoms with E-state index in [9.17, 15) is 26.8 Å². The Morgan fingerprint density at radius 2 is 1.89 bits per heavy atom. The van der Waals surface area contributed by atoms with Crippen LogP contribution in [0.1, 0.15) is 39.0 Å². The molecule has 2 rings (SSSR count). The zero-order valence-electron chi connectivity index (χ0n) is 15.5. The van der Waals surface area contributed by atoms with Crippen LogP contribution < -0.4 is 10.0 Å². The molecule has 1 amide bonds. The highest BCUT2D eigenvalue weighted by Gasteiger charge is 2.23. The fraction of sp³-hybridized carbons (Fsp3) is 0.556. The second-order valence-corrected chi connectivity index (χ2v) is 8.59. The van der Waals surface area contributed by atoms with Gasteiger partial charge in [0.15, 0.2) is 18.2 Å². The Balaban J connectivity index is 1.71. The third kappa shape index (κ3) is 6.52. The molecule has 2 N–H and O–H groups in total. The van der Waals surface area contributed by atoms with Crippen molar-refractivity contribution < 1.29 is 31.5 Å². The van der Waals surface area contributed by atoms with E-state index in [-0.39, 0.29) is 19.0 Å². The van der Waals surface area contributed by atoms with E-state index in [1.807, 2.05) is 0 Å². The Bertz CT molecular complexity index is 816. The molecule has 0 unspecified atom stereocenters. The number of benzene rings is 1. The highest BCUT2D eigenvalue weighted by Crippen LogP contribution is 2.23. The van der Waals surface area contributed by atoms with Gasteiger partial charge in [-0.25, -0.2) is 21.9 Å². The van der Waals surface area contributed by atoms with Gasteiger partial charge in [0.25, 0.3) is 5.91 Å². The van der Waals surface area contributed by atoms with Gasteiger partial charge in [-0.1, -0.05) is 19.8 Å². The molecule has 0 heterocycles. The summed E-state index contributed by atoms with van der Waals surface area (Å²) in [6, 6.07) is 2.23. The molecule has 10 heteroatoms. The van der Waals surface area contributed by atoms with Gasteiger partial charge >= 0.3 is 5.97 Å². The lowest BCUT2D eigenvalue weighted by atomic mass is 9.86. The molecule has 0 radical (unpaired) electrons. The Morgan fingerprint density at radius 3 is 2.57 bits per heavy atom. The number of ether oxygens (including phenoxy) is 1. The van der Waals surface area contributed by atoms with Crippen molar-refractivity contribution in [2.24, 2.45) is 5.92 Å². The quantitative estimate of drug-likeness (QED) is 0.628. The number of amides is 1. The van der Waals surface area contributed by atoms with Gasteiger partial charge < -0.3 is 10.1 Å². The van der Waals surface area contributed by atoms with Gasteiger partial charge in [0, 0.05) is 12.6 Å². The number of carbonyl (C=O) groups excluding carboxylic acids is 2. The molecule has 1 aromatic carbocycles.